The molecule has 0 bridgehead atoms. The molecular weight excluding hydrogens is 242 g/mol. The van der Waals surface area contributed by atoms with Crippen LogP contribution in [0.15, 0.2) is 18.5 Å². The molecule has 1 amide bonds. The Labute approximate surface area is 111 Å². The smallest absolute Gasteiger partial charge is 0.275 e. The fourth-order valence-electron chi connectivity index (χ4n) is 2.44. The standard InChI is InChI=1S/C13H17N5O/c1-2-17-5-7-18(8-6-17)13(19)12-10-9-14-4-3-11(10)15-16-12/h3-4,9H,2,5-8H2,1H3,(H,15,16). The van der Waals surface area contributed by atoms with Gasteiger partial charge in [-0.25, -0.2) is 0 Å². The largest absolute Gasteiger partial charge is 0.335 e. The van der Waals surface area contributed by atoms with E-state index < -0.39 is 0 Å². The monoisotopic (exact) mass is 259 g/mol. The van der Waals surface area contributed by atoms with Crippen LogP contribution in [0, 0.1) is 0 Å². The van der Waals surface area contributed by atoms with Crippen LogP contribution in [0.2, 0.25) is 0 Å². The van der Waals surface area contributed by atoms with Crippen LogP contribution in [0.25, 0.3) is 10.9 Å². The van der Waals surface area contributed by atoms with Crippen LogP contribution in [-0.2, 0) is 0 Å². The number of hydrogen-bond donors (Lipinski definition) is 1. The van der Waals surface area contributed by atoms with E-state index in [1.54, 1.807) is 12.4 Å². The molecule has 0 saturated carbocycles. The number of rotatable bonds is 2. The zero-order valence-electron chi connectivity index (χ0n) is 11.0. The summed E-state index contributed by atoms with van der Waals surface area (Å²) >= 11 is 0. The maximum atomic E-state index is 12.5. The molecule has 100 valence electrons. The lowest BCUT2D eigenvalue weighted by molar-refractivity contribution is 0.0639. The molecule has 0 radical (unpaired) electrons. The van der Waals surface area contributed by atoms with Crippen molar-refractivity contribution in [2.45, 2.75) is 6.92 Å². The molecule has 0 spiro atoms. The maximum absolute atomic E-state index is 12.5. The van der Waals surface area contributed by atoms with Gasteiger partial charge in [0.25, 0.3) is 5.91 Å². The van der Waals surface area contributed by atoms with Crippen LogP contribution in [0.5, 0.6) is 0 Å². The van der Waals surface area contributed by atoms with Crippen LogP contribution in [0.3, 0.4) is 0 Å². The summed E-state index contributed by atoms with van der Waals surface area (Å²) in [6.07, 6.45) is 3.38. The lowest BCUT2D eigenvalue weighted by Crippen LogP contribution is -2.48. The number of amides is 1. The molecule has 0 aliphatic carbocycles. The second-order valence-electron chi connectivity index (χ2n) is 4.72. The molecule has 0 aromatic carbocycles. The zero-order valence-corrected chi connectivity index (χ0v) is 11.0. The highest BCUT2D eigenvalue weighted by Gasteiger charge is 2.24. The van der Waals surface area contributed by atoms with Gasteiger partial charge in [-0.1, -0.05) is 6.92 Å². The molecule has 1 N–H and O–H groups in total. The van der Waals surface area contributed by atoms with E-state index in [1.165, 1.54) is 0 Å². The molecule has 6 nitrogen and oxygen atoms in total. The Kier molecular flexibility index (Phi) is 3.16. The summed E-state index contributed by atoms with van der Waals surface area (Å²) in [6.45, 7) is 6.58. The predicted octanol–water partition coefficient (Wildman–Crippen LogP) is 0.736. The minimum absolute atomic E-state index is 0.00463. The number of aromatic amines is 1. The fraction of sp³-hybridized carbons (Fsp3) is 0.462. The Hall–Kier alpha value is -1.95. The minimum atomic E-state index is -0.00463. The molecule has 2 aromatic rings. The number of carbonyl (C=O) groups excluding carboxylic acids is 1. The van der Waals surface area contributed by atoms with Crippen LogP contribution in [-0.4, -0.2) is 63.6 Å². The van der Waals surface area contributed by atoms with Crippen molar-refractivity contribution in [1.29, 1.82) is 0 Å². The first-order chi connectivity index (χ1) is 9.29. The lowest BCUT2D eigenvalue weighted by atomic mass is 10.2. The van der Waals surface area contributed by atoms with Gasteiger partial charge in [-0.2, -0.15) is 5.10 Å². The molecule has 3 rings (SSSR count). The first-order valence-electron chi connectivity index (χ1n) is 6.59. The van der Waals surface area contributed by atoms with E-state index in [0.717, 1.165) is 43.6 Å². The zero-order chi connectivity index (χ0) is 13.2. The van der Waals surface area contributed by atoms with Gasteiger partial charge in [0.15, 0.2) is 5.69 Å². The number of piperazine rings is 1. The molecule has 3 heterocycles. The summed E-state index contributed by atoms with van der Waals surface area (Å²) < 4.78 is 0. The van der Waals surface area contributed by atoms with E-state index in [-0.39, 0.29) is 5.91 Å². The average molecular weight is 259 g/mol. The van der Waals surface area contributed by atoms with E-state index in [2.05, 4.69) is 27.0 Å². The number of nitrogens with zero attached hydrogens (tertiary/aromatic N) is 4. The third-order valence-electron chi connectivity index (χ3n) is 3.67. The van der Waals surface area contributed by atoms with Crippen LogP contribution < -0.4 is 0 Å². The van der Waals surface area contributed by atoms with Gasteiger partial charge >= 0.3 is 0 Å². The lowest BCUT2D eigenvalue weighted by Gasteiger charge is -2.33. The van der Waals surface area contributed by atoms with Gasteiger partial charge in [-0.15, -0.1) is 0 Å². The highest BCUT2D eigenvalue weighted by atomic mass is 16.2. The average Bonchev–Trinajstić information content (AvgIpc) is 2.90. The summed E-state index contributed by atoms with van der Waals surface area (Å²) in [5.41, 5.74) is 1.33. The van der Waals surface area contributed by atoms with Gasteiger partial charge in [0.2, 0.25) is 0 Å². The SMILES string of the molecule is CCN1CCN(C(=O)c2n[nH]c3ccncc23)CC1. The molecule has 1 aliphatic rings. The summed E-state index contributed by atoms with van der Waals surface area (Å²) in [4.78, 5) is 20.7. The topological polar surface area (TPSA) is 65.1 Å². The van der Waals surface area contributed by atoms with Crippen molar-refractivity contribution >= 4 is 16.8 Å². The van der Waals surface area contributed by atoms with E-state index in [0.29, 0.717) is 5.69 Å². The molecule has 19 heavy (non-hydrogen) atoms. The first-order valence-corrected chi connectivity index (χ1v) is 6.59. The van der Waals surface area contributed by atoms with Gasteiger partial charge < -0.3 is 9.80 Å². The van der Waals surface area contributed by atoms with E-state index in [4.69, 9.17) is 0 Å². The van der Waals surface area contributed by atoms with Gasteiger partial charge in [-0.3, -0.25) is 14.9 Å². The summed E-state index contributed by atoms with van der Waals surface area (Å²) in [5.74, 6) is -0.00463. The second kappa shape index (κ2) is 4.97. The summed E-state index contributed by atoms with van der Waals surface area (Å²) in [6, 6.07) is 1.83. The maximum Gasteiger partial charge on any atom is 0.275 e. The number of nitrogens with one attached hydrogen (secondary N) is 1. The number of fused-ring (bicyclic) bond motifs is 1. The second-order valence-corrected chi connectivity index (χ2v) is 4.72. The molecule has 1 fully saturated rings. The van der Waals surface area contributed by atoms with Gasteiger partial charge in [0.05, 0.1) is 10.9 Å². The van der Waals surface area contributed by atoms with Crippen molar-refractivity contribution in [3.8, 4) is 0 Å². The van der Waals surface area contributed by atoms with Crippen molar-refractivity contribution in [1.82, 2.24) is 25.0 Å². The molecular formula is C13H17N5O. The van der Waals surface area contributed by atoms with Crippen molar-refractivity contribution in [3.63, 3.8) is 0 Å². The Morgan fingerprint density at radius 3 is 2.89 bits per heavy atom. The Morgan fingerprint density at radius 1 is 1.37 bits per heavy atom. The molecule has 2 aromatic heterocycles. The summed E-state index contributed by atoms with van der Waals surface area (Å²) in [5, 5.41) is 7.82. The van der Waals surface area contributed by atoms with Crippen molar-refractivity contribution in [2.24, 2.45) is 0 Å². The third-order valence-corrected chi connectivity index (χ3v) is 3.67. The molecule has 1 aliphatic heterocycles. The van der Waals surface area contributed by atoms with E-state index in [9.17, 15) is 4.79 Å². The third kappa shape index (κ3) is 2.19. The predicted molar refractivity (Wildman–Crippen MR) is 71.9 cm³/mol. The van der Waals surface area contributed by atoms with Crippen LogP contribution >= 0.6 is 0 Å². The van der Waals surface area contributed by atoms with Crippen LogP contribution in [0.1, 0.15) is 17.4 Å². The van der Waals surface area contributed by atoms with Crippen molar-refractivity contribution < 1.29 is 4.79 Å². The summed E-state index contributed by atoms with van der Waals surface area (Å²) in [7, 11) is 0. The first kappa shape index (κ1) is 12.1. The number of carbonyl (C=O) groups is 1. The van der Waals surface area contributed by atoms with E-state index >= 15 is 0 Å². The molecule has 0 atom stereocenters. The number of hydrogen-bond acceptors (Lipinski definition) is 4. The molecule has 6 heteroatoms. The number of aromatic nitrogens is 3. The van der Waals surface area contributed by atoms with E-state index in [1.807, 2.05) is 11.0 Å². The van der Waals surface area contributed by atoms with Gasteiger partial charge in [0.1, 0.15) is 0 Å². The number of likely N-dealkylation sites (N-methyl/N-ethyl adjacent to an activating group) is 1. The van der Waals surface area contributed by atoms with Crippen molar-refractivity contribution in [2.75, 3.05) is 32.7 Å². The highest BCUT2D eigenvalue weighted by molar-refractivity contribution is 6.04. The quantitative estimate of drug-likeness (QED) is 0.863. The highest BCUT2D eigenvalue weighted by Crippen LogP contribution is 2.16. The molecule has 1 saturated heterocycles. The number of pyridine rings is 1. The van der Waals surface area contributed by atoms with Gasteiger partial charge in [0, 0.05) is 38.6 Å². The Morgan fingerprint density at radius 2 is 2.16 bits per heavy atom. The van der Waals surface area contributed by atoms with Crippen LogP contribution in [0.4, 0.5) is 0 Å². The van der Waals surface area contributed by atoms with Gasteiger partial charge in [-0.05, 0) is 12.6 Å². The number of H-pyrrole nitrogens is 1. The molecule has 0 unspecified atom stereocenters. The normalized spacial score (nSPS) is 17.0. The fourth-order valence-corrected chi connectivity index (χ4v) is 2.44. The Bertz CT molecular complexity index is 585. The van der Waals surface area contributed by atoms with Crippen molar-refractivity contribution in [3.05, 3.63) is 24.2 Å². The minimum Gasteiger partial charge on any atom is -0.335 e. The Balaban J connectivity index is 1.81.